The van der Waals surface area contributed by atoms with Crippen LogP contribution >= 0.6 is 12.4 Å². The van der Waals surface area contributed by atoms with Gasteiger partial charge in [-0.25, -0.2) is 12.7 Å². The van der Waals surface area contributed by atoms with Crippen molar-refractivity contribution in [2.75, 3.05) is 27.2 Å². The highest BCUT2D eigenvalue weighted by atomic mass is 35.5. The summed E-state index contributed by atoms with van der Waals surface area (Å²) in [4.78, 5) is 14.4. The lowest BCUT2D eigenvalue weighted by Crippen LogP contribution is -2.47. The highest BCUT2D eigenvalue weighted by Gasteiger charge is 2.31. The van der Waals surface area contributed by atoms with Crippen molar-refractivity contribution in [3.8, 4) is 0 Å². The smallest absolute Gasteiger partial charge is 0.275 e. The molecule has 0 bridgehead atoms. The van der Waals surface area contributed by atoms with E-state index in [1.807, 2.05) is 0 Å². The van der Waals surface area contributed by atoms with Crippen molar-refractivity contribution in [2.24, 2.45) is 5.73 Å². The van der Waals surface area contributed by atoms with Crippen molar-refractivity contribution in [2.45, 2.75) is 37.3 Å². The Morgan fingerprint density at radius 2 is 2.09 bits per heavy atom. The van der Waals surface area contributed by atoms with Crippen LogP contribution in [0.3, 0.4) is 0 Å². The Hall–Kier alpha value is -1.09. The Labute approximate surface area is 143 Å². The number of amides is 1. The van der Waals surface area contributed by atoms with Gasteiger partial charge in [0.15, 0.2) is 0 Å². The van der Waals surface area contributed by atoms with Crippen molar-refractivity contribution < 1.29 is 17.6 Å². The molecule has 1 saturated heterocycles. The minimum absolute atomic E-state index is 0. The molecule has 1 fully saturated rings. The molecular weight excluding hydrogens is 342 g/mol. The molecule has 1 amide bonds. The fourth-order valence-corrected chi connectivity index (χ4v) is 3.50. The lowest BCUT2D eigenvalue weighted by Gasteiger charge is -2.34. The molecule has 0 aliphatic carbocycles. The first-order chi connectivity index (χ1) is 10.3. The summed E-state index contributed by atoms with van der Waals surface area (Å²) in [5.41, 5.74) is 6.03. The van der Waals surface area contributed by atoms with Crippen LogP contribution in [0.15, 0.2) is 15.6 Å². The number of furan rings is 1. The minimum Gasteiger partial charge on any atom is -0.448 e. The topological polar surface area (TPSA) is 96.8 Å². The van der Waals surface area contributed by atoms with Crippen LogP contribution in [0.1, 0.15) is 35.4 Å². The predicted octanol–water partition coefficient (Wildman–Crippen LogP) is 1.21. The molecule has 1 aromatic rings. The maximum absolute atomic E-state index is 12.7. The molecule has 9 heteroatoms. The van der Waals surface area contributed by atoms with Crippen molar-refractivity contribution in [3.63, 3.8) is 0 Å². The van der Waals surface area contributed by atoms with Crippen LogP contribution in [0.5, 0.6) is 0 Å². The van der Waals surface area contributed by atoms with Gasteiger partial charge >= 0.3 is 0 Å². The molecule has 1 atom stereocenters. The number of piperidine rings is 1. The maximum Gasteiger partial charge on any atom is 0.275 e. The molecule has 1 aliphatic rings. The van der Waals surface area contributed by atoms with Gasteiger partial charge in [0.1, 0.15) is 5.76 Å². The van der Waals surface area contributed by atoms with Gasteiger partial charge in [-0.1, -0.05) is 0 Å². The quantitative estimate of drug-likeness (QED) is 0.865. The molecule has 7 nitrogen and oxygen atoms in total. The first kappa shape index (κ1) is 20.0. The van der Waals surface area contributed by atoms with E-state index in [0.717, 1.165) is 23.6 Å². The number of carbonyl (C=O) groups is 1. The average molecular weight is 366 g/mol. The molecule has 132 valence electrons. The van der Waals surface area contributed by atoms with Crippen molar-refractivity contribution in [1.29, 1.82) is 0 Å². The lowest BCUT2D eigenvalue weighted by atomic mass is 10.0. The molecule has 0 radical (unpaired) electrons. The number of hydrogen-bond donors (Lipinski definition) is 1. The second-order valence-corrected chi connectivity index (χ2v) is 7.79. The van der Waals surface area contributed by atoms with Crippen molar-refractivity contribution in [1.82, 2.24) is 9.21 Å². The Bertz CT molecular complexity index is 657. The summed E-state index contributed by atoms with van der Waals surface area (Å²) in [7, 11) is -0.850. The van der Waals surface area contributed by atoms with E-state index < -0.39 is 10.0 Å². The molecule has 0 aromatic carbocycles. The summed E-state index contributed by atoms with van der Waals surface area (Å²) in [6.45, 7) is 2.65. The fraction of sp³-hybridized carbons (Fsp3) is 0.643. The summed E-state index contributed by atoms with van der Waals surface area (Å²) in [6.07, 6.45) is 2.86. The highest BCUT2D eigenvalue weighted by Crippen LogP contribution is 2.25. The summed E-state index contributed by atoms with van der Waals surface area (Å²) >= 11 is 0. The molecule has 1 aromatic heterocycles. The third-order valence-electron chi connectivity index (χ3n) is 4.02. The van der Waals surface area contributed by atoms with Gasteiger partial charge in [0.05, 0.1) is 5.56 Å². The van der Waals surface area contributed by atoms with Crippen LogP contribution < -0.4 is 5.73 Å². The van der Waals surface area contributed by atoms with Gasteiger partial charge in [-0.2, -0.15) is 0 Å². The highest BCUT2D eigenvalue weighted by molar-refractivity contribution is 7.88. The number of nitrogens with zero attached hydrogens (tertiary/aromatic N) is 2. The Morgan fingerprint density at radius 3 is 2.65 bits per heavy atom. The van der Waals surface area contributed by atoms with Gasteiger partial charge in [0.2, 0.25) is 5.09 Å². The third kappa shape index (κ3) is 3.88. The van der Waals surface area contributed by atoms with Gasteiger partial charge in [-0.3, -0.25) is 4.79 Å². The van der Waals surface area contributed by atoms with E-state index >= 15 is 0 Å². The molecule has 1 aliphatic heterocycles. The molecule has 1 unspecified atom stereocenters. The van der Waals surface area contributed by atoms with Crippen LogP contribution in [0.25, 0.3) is 0 Å². The average Bonchev–Trinajstić information content (AvgIpc) is 2.89. The number of nitrogens with two attached hydrogens (primary N) is 1. The maximum atomic E-state index is 12.7. The molecule has 2 rings (SSSR count). The molecule has 23 heavy (non-hydrogen) atoms. The van der Waals surface area contributed by atoms with Gasteiger partial charge in [0.25, 0.3) is 15.9 Å². The zero-order valence-electron chi connectivity index (χ0n) is 13.6. The van der Waals surface area contributed by atoms with E-state index in [4.69, 9.17) is 10.2 Å². The largest absolute Gasteiger partial charge is 0.448 e. The van der Waals surface area contributed by atoms with E-state index in [-0.39, 0.29) is 29.4 Å². The minimum atomic E-state index is -3.69. The molecule has 0 spiro atoms. The Balaban J connectivity index is 0.00000264. The van der Waals surface area contributed by atoms with Crippen molar-refractivity contribution >= 4 is 28.3 Å². The lowest BCUT2D eigenvalue weighted by molar-refractivity contribution is 0.0621. The van der Waals surface area contributed by atoms with Crippen LogP contribution in [0.2, 0.25) is 0 Å². The number of carbonyl (C=O) groups excluding carboxylic acids is 1. The van der Waals surface area contributed by atoms with E-state index in [0.29, 0.717) is 24.4 Å². The van der Waals surface area contributed by atoms with Crippen LogP contribution in [-0.4, -0.2) is 56.8 Å². The molecule has 2 N–H and O–H groups in total. The number of likely N-dealkylation sites (tertiary alicyclic amines) is 1. The normalized spacial score (nSPS) is 18.8. The first-order valence-electron chi connectivity index (χ1n) is 7.33. The fourth-order valence-electron chi connectivity index (χ4n) is 2.64. The number of hydrogen-bond acceptors (Lipinski definition) is 5. The molecule has 2 heterocycles. The van der Waals surface area contributed by atoms with Gasteiger partial charge in [-0.05, 0) is 26.2 Å². The third-order valence-corrected chi connectivity index (χ3v) is 5.69. The monoisotopic (exact) mass is 365 g/mol. The first-order valence-corrected chi connectivity index (χ1v) is 8.77. The van der Waals surface area contributed by atoms with Gasteiger partial charge in [0, 0.05) is 39.3 Å². The summed E-state index contributed by atoms with van der Waals surface area (Å²) in [5, 5.41) is -0.209. The second-order valence-electron chi connectivity index (χ2n) is 5.71. The number of aryl methyl sites for hydroxylation is 1. The van der Waals surface area contributed by atoms with Gasteiger partial charge < -0.3 is 15.1 Å². The van der Waals surface area contributed by atoms with Crippen LogP contribution in [-0.2, 0) is 10.0 Å². The second kappa shape index (κ2) is 7.65. The van der Waals surface area contributed by atoms with Crippen molar-refractivity contribution in [3.05, 3.63) is 17.4 Å². The van der Waals surface area contributed by atoms with Crippen LogP contribution in [0, 0.1) is 6.92 Å². The van der Waals surface area contributed by atoms with Gasteiger partial charge in [-0.15, -0.1) is 12.4 Å². The van der Waals surface area contributed by atoms with E-state index in [9.17, 15) is 13.2 Å². The zero-order chi connectivity index (χ0) is 16.5. The Morgan fingerprint density at radius 1 is 1.43 bits per heavy atom. The zero-order valence-corrected chi connectivity index (χ0v) is 15.2. The molecular formula is C14H24ClN3O4S. The number of halogens is 1. The number of rotatable bonds is 4. The van der Waals surface area contributed by atoms with Crippen LogP contribution in [0.4, 0.5) is 0 Å². The Kier molecular flexibility index (Phi) is 6.64. The standard InChI is InChI=1S/C14H23N3O4S.ClH/c1-10-12(8-13(21-10)22(19,20)16(2)3)14(18)17-7-5-4-6-11(17)9-15;/h8,11H,4-7,9,15H2,1-3H3;1H. The van der Waals surface area contributed by atoms with E-state index in [1.165, 1.54) is 20.2 Å². The summed E-state index contributed by atoms with van der Waals surface area (Å²) in [5.74, 6) is 0.100. The van der Waals surface area contributed by atoms with E-state index in [1.54, 1.807) is 11.8 Å². The summed E-state index contributed by atoms with van der Waals surface area (Å²) < 4.78 is 30.6. The predicted molar refractivity (Wildman–Crippen MR) is 89.3 cm³/mol. The SMILES string of the molecule is Cc1oc(S(=O)(=O)N(C)C)cc1C(=O)N1CCCCC1CN.Cl. The number of sulfonamides is 1. The summed E-state index contributed by atoms with van der Waals surface area (Å²) in [6, 6.07) is 1.32. The molecule has 0 saturated carbocycles. The van der Waals surface area contributed by atoms with E-state index in [2.05, 4.69) is 0 Å².